The van der Waals surface area contributed by atoms with Gasteiger partial charge >= 0.3 is 5.97 Å². The minimum absolute atomic E-state index is 0.0450. The molecule has 0 aliphatic carbocycles. The number of rotatable bonds is 4. The standard InChI is InChI=1S/C12H14N2O5/c1-8-4-5-10(14(17)18)9(6-8)12(16)13(2)7-11(15)19-3/h4-6H,7H2,1-3H3. The second-order valence-electron chi connectivity index (χ2n) is 4.02. The van der Waals surface area contributed by atoms with E-state index >= 15 is 0 Å². The van der Waals surface area contributed by atoms with E-state index in [-0.39, 0.29) is 17.8 Å². The quantitative estimate of drug-likeness (QED) is 0.463. The molecule has 0 bridgehead atoms. The molecule has 0 aromatic heterocycles. The summed E-state index contributed by atoms with van der Waals surface area (Å²) < 4.78 is 4.44. The lowest BCUT2D eigenvalue weighted by molar-refractivity contribution is -0.385. The number of ether oxygens (including phenoxy) is 1. The summed E-state index contributed by atoms with van der Waals surface area (Å²) in [5.41, 5.74) is 0.393. The van der Waals surface area contributed by atoms with Gasteiger partial charge in [-0.2, -0.15) is 0 Å². The van der Waals surface area contributed by atoms with E-state index < -0.39 is 16.8 Å². The van der Waals surface area contributed by atoms with Crippen LogP contribution in [0.2, 0.25) is 0 Å². The molecule has 0 atom stereocenters. The fourth-order valence-electron chi connectivity index (χ4n) is 1.52. The number of carbonyl (C=O) groups is 2. The Morgan fingerprint density at radius 3 is 2.58 bits per heavy atom. The van der Waals surface area contributed by atoms with Crippen LogP contribution < -0.4 is 0 Å². The first-order valence-electron chi connectivity index (χ1n) is 5.44. The third-order valence-corrected chi connectivity index (χ3v) is 2.52. The summed E-state index contributed by atoms with van der Waals surface area (Å²) in [4.78, 5) is 34.5. The highest BCUT2D eigenvalue weighted by atomic mass is 16.6. The molecule has 1 aromatic rings. The molecular formula is C12H14N2O5. The van der Waals surface area contributed by atoms with Gasteiger partial charge in [-0.15, -0.1) is 0 Å². The Hall–Kier alpha value is -2.44. The van der Waals surface area contributed by atoms with Gasteiger partial charge in [0.25, 0.3) is 11.6 Å². The number of nitrogens with zero attached hydrogens (tertiary/aromatic N) is 2. The van der Waals surface area contributed by atoms with Gasteiger partial charge in [0.2, 0.25) is 0 Å². The van der Waals surface area contributed by atoms with E-state index in [1.54, 1.807) is 13.0 Å². The first-order chi connectivity index (χ1) is 8.86. The minimum Gasteiger partial charge on any atom is -0.468 e. The predicted octanol–water partition coefficient (Wildman–Crippen LogP) is 1.15. The molecule has 0 saturated heterocycles. The molecule has 7 heteroatoms. The van der Waals surface area contributed by atoms with Gasteiger partial charge in [-0.05, 0) is 18.6 Å². The number of methoxy groups -OCH3 is 1. The molecule has 0 fully saturated rings. The Morgan fingerprint density at radius 1 is 1.42 bits per heavy atom. The second-order valence-corrected chi connectivity index (χ2v) is 4.02. The van der Waals surface area contributed by atoms with Crippen LogP contribution >= 0.6 is 0 Å². The smallest absolute Gasteiger partial charge is 0.325 e. The van der Waals surface area contributed by atoms with Crippen LogP contribution in [-0.4, -0.2) is 42.4 Å². The zero-order chi connectivity index (χ0) is 14.6. The van der Waals surface area contributed by atoms with Gasteiger partial charge in [0.15, 0.2) is 0 Å². The largest absolute Gasteiger partial charge is 0.468 e. The maximum absolute atomic E-state index is 12.1. The highest BCUT2D eigenvalue weighted by Gasteiger charge is 2.24. The highest BCUT2D eigenvalue weighted by molar-refractivity contribution is 5.99. The molecule has 0 aliphatic rings. The summed E-state index contributed by atoms with van der Waals surface area (Å²) in [6, 6.07) is 4.25. The van der Waals surface area contributed by atoms with E-state index in [0.29, 0.717) is 0 Å². The van der Waals surface area contributed by atoms with Gasteiger partial charge in [0, 0.05) is 13.1 Å². The normalized spacial score (nSPS) is 9.84. The molecule has 0 unspecified atom stereocenters. The number of benzene rings is 1. The fraction of sp³-hybridized carbons (Fsp3) is 0.333. The average Bonchev–Trinajstić information content (AvgIpc) is 2.36. The van der Waals surface area contributed by atoms with Gasteiger partial charge in [-0.1, -0.05) is 6.07 Å². The van der Waals surface area contributed by atoms with Crippen LogP contribution in [0.15, 0.2) is 18.2 Å². The van der Waals surface area contributed by atoms with Crippen LogP contribution in [0.4, 0.5) is 5.69 Å². The van der Waals surface area contributed by atoms with Crippen LogP contribution in [-0.2, 0) is 9.53 Å². The van der Waals surface area contributed by atoms with Gasteiger partial charge in [-0.3, -0.25) is 19.7 Å². The molecule has 0 aliphatic heterocycles. The number of amides is 1. The SMILES string of the molecule is COC(=O)CN(C)C(=O)c1cc(C)ccc1[N+](=O)[O-]. The van der Waals surface area contributed by atoms with E-state index in [1.807, 2.05) is 0 Å². The lowest BCUT2D eigenvalue weighted by Gasteiger charge is -2.15. The number of carbonyl (C=O) groups excluding carboxylic acids is 2. The van der Waals surface area contributed by atoms with Gasteiger partial charge in [-0.25, -0.2) is 0 Å². The Balaban J connectivity index is 3.07. The van der Waals surface area contributed by atoms with Crippen molar-refractivity contribution in [3.8, 4) is 0 Å². The van der Waals surface area contributed by atoms with Crippen LogP contribution in [0.5, 0.6) is 0 Å². The average molecular weight is 266 g/mol. The summed E-state index contributed by atoms with van der Waals surface area (Å²) in [6.45, 7) is 1.46. The summed E-state index contributed by atoms with van der Waals surface area (Å²) in [7, 11) is 2.58. The number of nitro benzene ring substituents is 1. The lowest BCUT2D eigenvalue weighted by atomic mass is 10.1. The number of hydrogen-bond donors (Lipinski definition) is 0. The minimum atomic E-state index is -0.626. The summed E-state index contributed by atoms with van der Waals surface area (Å²) in [6.07, 6.45) is 0. The van der Waals surface area contributed by atoms with E-state index in [9.17, 15) is 19.7 Å². The molecule has 0 saturated carbocycles. The summed E-state index contributed by atoms with van der Waals surface area (Å²) >= 11 is 0. The van der Waals surface area contributed by atoms with Gasteiger partial charge in [0.05, 0.1) is 12.0 Å². The van der Waals surface area contributed by atoms with Crippen LogP contribution in [0.25, 0.3) is 0 Å². The van der Waals surface area contributed by atoms with Gasteiger partial charge in [0.1, 0.15) is 12.1 Å². The molecule has 0 N–H and O–H groups in total. The van der Waals surface area contributed by atoms with Crippen LogP contribution in [0.1, 0.15) is 15.9 Å². The summed E-state index contributed by atoms with van der Waals surface area (Å²) in [5, 5.41) is 10.9. The zero-order valence-electron chi connectivity index (χ0n) is 10.9. The van der Waals surface area contributed by atoms with Crippen molar-refractivity contribution in [1.82, 2.24) is 4.90 Å². The highest BCUT2D eigenvalue weighted by Crippen LogP contribution is 2.21. The van der Waals surface area contributed by atoms with Crippen molar-refractivity contribution >= 4 is 17.6 Å². The molecule has 1 amide bonds. The van der Waals surface area contributed by atoms with Crippen molar-refractivity contribution in [2.45, 2.75) is 6.92 Å². The Bertz CT molecular complexity index is 527. The molecule has 1 aromatic carbocycles. The molecule has 19 heavy (non-hydrogen) atoms. The van der Waals surface area contributed by atoms with E-state index in [0.717, 1.165) is 10.5 Å². The van der Waals surface area contributed by atoms with Crippen molar-refractivity contribution in [3.63, 3.8) is 0 Å². The molecule has 7 nitrogen and oxygen atoms in total. The predicted molar refractivity (Wildman–Crippen MR) is 66.8 cm³/mol. The van der Waals surface area contributed by atoms with Crippen molar-refractivity contribution < 1.29 is 19.2 Å². The maximum Gasteiger partial charge on any atom is 0.325 e. The van der Waals surface area contributed by atoms with E-state index in [4.69, 9.17) is 0 Å². The lowest BCUT2D eigenvalue weighted by Crippen LogP contribution is -2.33. The molecular weight excluding hydrogens is 252 g/mol. The van der Waals surface area contributed by atoms with Crippen molar-refractivity contribution in [2.75, 3.05) is 20.7 Å². The van der Waals surface area contributed by atoms with Crippen LogP contribution in [0.3, 0.4) is 0 Å². The number of hydrogen-bond acceptors (Lipinski definition) is 5. The zero-order valence-corrected chi connectivity index (χ0v) is 10.9. The van der Waals surface area contributed by atoms with E-state index in [2.05, 4.69) is 4.74 Å². The van der Waals surface area contributed by atoms with Crippen molar-refractivity contribution in [3.05, 3.63) is 39.4 Å². The third-order valence-electron chi connectivity index (χ3n) is 2.52. The maximum atomic E-state index is 12.1. The summed E-state index contributed by atoms with van der Waals surface area (Å²) in [5.74, 6) is -1.19. The number of likely N-dealkylation sites (N-methyl/N-ethyl adjacent to an activating group) is 1. The Kier molecular flexibility index (Phi) is 4.57. The monoisotopic (exact) mass is 266 g/mol. The molecule has 1 rings (SSSR count). The van der Waals surface area contributed by atoms with E-state index in [1.165, 1.54) is 26.3 Å². The van der Waals surface area contributed by atoms with Crippen molar-refractivity contribution in [1.29, 1.82) is 0 Å². The number of aryl methyl sites for hydroxylation is 1. The number of nitro groups is 1. The topological polar surface area (TPSA) is 89.8 Å². The number of esters is 1. The van der Waals surface area contributed by atoms with Crippen molar-refractivity contribution in [2.24, 2.45) is 0 Å². The Morgan fingerprint density at radius 2 is 2.05 bits per heavy atom. The Labute approximate surface area is 109 Å². The molecule has 102 valence electrons. The van der Waals surface area contributed by atoms with Gasteiger partial charge < -0.3 is 9.64 Å². The fourth-order valence-corrected chi connectivity index (χ4v) is 1.52. The third kappa shape index (κ3) is 3.51. The second kappa shape index (κ2) is 5.94. The molecule has 0 radical (unpaired) electrons. The van der Waals surface area contributed by atoms with Crippen LogP contribution in [0, 0.1) is 17.0 Å². The molecule has 0 spiro atoms. The first-order valence-corrected chi connectivity index (χ1v) is 5.44. The first kappa shape index (κ1) is 14.6. The molecule has 0 heterocycles.